The van der Waals surface area contributed by atoms with Crippen molar-refractivity contribution in [2.75, 3.05) is 0 Å². The first kappa shape index (κ1) is 12.4. The number of hydrogen-bond donors (Lipinski definition) is 1. The third kappa shape index (κ3) is 1.92. The largest absolute Gasteiger partial charge is 0.475 e. The molecule has 1 aromatic heterocycles. The number of carboxylic acid groups (broad SMARTS) is 1. The summed E-state index contributed by atoms with van der Waals surface area (Å²) in [6.45, 7) is 0. The molecule has 1 aromatic carbocycles. The molecule has 4 nitrogen and oxygen atoms in total. The van der Waals surface area contributed by atoms with Gasteiger partial charge in [-0.1, -0.05) is 16.8 Å². The third-order valence-electron chi connectivity index (χ3n) is 2.10. The fourth-order valence-electron chi connectivity index (χ4n) is 1.26. The Morgan fingerprint density at radius 1 is 1.28 bits per heavy atom. The van der Waals surface area contributed by atoms with Gasteiger partial charge in [-0.3, -0.25) is 0 Å². The summed E-state index contributed by atoms with van der Waals surface area (Å²) in [6.07, 6.45) is 0. The SMILES string of the molecule is O=C(O)c1cc(-c2cc(F)c(Cl)c(F)c2F)no1. The van der Waals surface area contributed by atoms with E-state index in [1.807, 2.05) is 0 Å². The first-order valence-corrected chi connectivity index (χ1v) is 4.83. The van der Waals surface area contributed by atoms with Gasteiger partial charge >= 0.3 is 5.97 Å². The first-order valence-electron chi connectivity index (χ1n) is 4.45. The summed E-state index contributed by atoms with van der Waals surface area (Å²) in [7, 11) is 0. The van der Waals surface area contributed by atoms with Crippen molar-refractivity contribution in [2.24, 2.45) is 0 Å². The molecule has 0 amide bonds. The highest BCUT2D eigenvalue weighted by molar-refractivity contribution is 6.31. The zero-order valence-electron chi connectivity index (χ0n) is 8.38. The van der Waals surface area contributed by atoms with Crippen LogP contribution < -0.4 is 0 Å². The quantitative estimate of drug-likeness (QED) is 0.677. The molecule has 0 aliphatic carbocycles. The van der Waals surface area contributed by atoms with Crippen LogP contribution in [-0.4, -0.2) is 16.2 Å². The van der Waals surface area contributed by atoms with Crippen LogP contribution in [0, 0.1) is 17.5 Å². The zero-order valence-corrected chi connectivity index (χ0v) is 9.13. The Morgan fingerprint density at radius 2 is 1.94 bits per heavy atom. The van der Waals surface area contributed by atoms with Gasteiger partial charge in [-0.25, -0.2) is 18.0 Å². The van der Waals surface area contributed by atoms with Crippen LogP contribution in [0.3, 0.4) is 0 Å². The molecule has 0 aliphatic rings. The Balaban J connectivity index is 2.60. The fourth-order valence-corrected chi connectivity index (χ4v) is 1.40. The van der Waals surface area contributed by atoms with Gasteiger partial charge < -0.3 is 9.63 Å². The molecule has 0 unspecified atom stereocenters. The van der Waals surface area contributed by atoms with E-state index >= 15 is 0 Å². The summed E-state index contributed by atoms with van der Waals surface area (Å²) in [5, 5.41) is 10.8. The molecule has 0 fully saturated rings. The zero-order chi connectivity index (χ0) is 13.4. The lowest BCUT2D eigenvalue weighted by Crippen LogP contribution is -1.95. The van der Waals surface area contributed by atoms with Crippen molar-refractivity contribution in [3.8, 4) is 11.3 Å². The van der Waals surface area contributed by atoms with Gasteiger partial charge in [0.1, 0.15) is 16.5 Å². The standard InChI is InChI=1S/C10H3ClF3NO3/c11-7-4(12)1-3(8(13)9(7)14)5-2-6(10(16)17)18-15-5/h1-2H,(H,16,17). The Kier molecular flexibility index (Phi) is 3.00. The van der Waals surface area contributed by atoms with Crippen LogP contribution >= 0.6 is 11.6 Å². The molecule has 0 atom stereocenters. The molecule has 0 saturated heterocycles. The first-order chi connectivity index (χ1) is 8.41. The molecule has 0 aliphatic heterocycles. The molecule has 0 bridgehead atoms. The van der Waals surface area contributed by atoms with E-state index in [-0.39, 0.29) is 5.69 Å². The van der Waals surface area contributed by atoms with Crippen molar-refractivity contribution in [3.63, 3.8) is 0 Å². The second-order valence-corrected chi connectivity index (χ2v) is 3.61. The summed E-state index contributed by atoms with van der Waals surface area (Å²) in [5.41, 5.74) is -0.926. The summed E-state index contributed by atoms with van der Waals surface area (Å²) in [5.74, 6) is -6.23. The van der Waals surface area contributed by atoms with Gasteiger partial charge in [0, 0.05) is 11.6 Å². The van der Waals surface area contributed by atoms with Gasteiger partial charge in [0.05, 0.1) is 0 Å². The van der Waals surface area contributed by atoms with Crippen molar-refractivity contribution in [2.45, 2.75) is 0 Å². The Morgan fingerprint density at radius 3 is 2.50 bits per heavy atom. The van der Waals surface area contributed by atoms with E-state index in [9.17, 15) is 18.0 Å². The number of aromatic nitrogens is 1. The number of nitrogens with zero attached hydrogens (tertiary/aromatic N) is 1. The van der Waals surface area contributed by atoms with Crippen LogP contribution in [-0.2, 0) is 0 Å². The van der Waals surface area contributed by atoms with Gasteiger partial charge in [0.15, 0.2) is 11.6 Å². The second-order valence-electron chi connectivity index (χ2n) is 3.23. The molecule has 1 heterocycles. The lowest BCUT2D eigenvalue weighted by atomic mass is 10.1. The topological polar surface area (TPSA) is 63.3 Å². The molecule has 8 heteroatoms. The Bertz CT molecular complexity index is 642. The van der Waals surface area contributed by atoms with Crippen molar-refractivity contribution in [1.29, 1.82) is 0 Å². The summed E-state index contributed by atoms with van der Waals surface area (Å²) < 4.78 is 44.2. The van der Waals surface area contributed by atoms with Crippen molar-refractivity contribution in [1.82, 2.24) is 5.16 Å². The smallest absolute Gasteiger partial charge is 0.374 e. The number of benzene rings is 1. The van der Waals surface area contributed by atoms with Gasteiger partial charge in [-0.2, -0.15) is 0 Å². The predicted molar refractivity (Wildman–Crippen MR) is 53.8 cm³/mol. The maximum Gasteiger partial charge on any atom is 0.374 e. The number of aromatic carboxylic acids is 1. The Labute approximate surface area is 103 Å². The van der Waals surface area contributed by atoms with Gasteiger partial charge in [-0.15, -0.1) is 0 Å². The molecule has 2 rings (SSSR count). The van der Waals surface area contributed by atoms with E-state index < -0.39 is 39.8 Å². The lowest BCUT2D eigenvalue weighted by Gasteiger charge is -2.02. The van der Waals surface area contributed by atoms with E-state index in [0.29, 0.717) is 6.07 Å². The molecule has 1 N–H and O–H groups in total. The highest BCUT2D eigenvalue weighted by atomic mass is 35.5. The van der Waals surface area contributed by atoms with Gasteiger partial charge in [0.2, 0.25) is 5.76 Å². The van der Waals surface area contributed by atoms with Crippen LogP contribution in [0.1, 0.15) is 10.6 Å². The van der Waals surface area contributed by atoms with Crippen molar-refractivity contribution in [3.05, 3.63) is 40.4 Å². The number of carbonyl (C=O) groups is 1. The van der Waals surface area contributed by atoms with E-state index in [1.165, 1.54) is 0 Å². The maximum absolute atomic E-state index is 13.5. The average Bonchev–Trinajstić information content (AvgIpc) is 2.80. The average molecular weight is 278 g/mol. The minimum absolute atomic E-state index is 0.348. The molecule has 94 valence electrons. The molecule has 0 saturated carbocycles. The highest BCUT2D eigenvalue weighted by Gasteiger charge is 2.21. The maximum atomic E-state index is 13.5. The van der Waals surface area contributed by atoms with Crippen LogP contribution in [0.2, 0.25) is 5.02 Å². The summed E-state index contributed by atoms with van der Waals surface area (Å²) in [4.78, 5) is 10.5. The molecule has 0 spiro atoms. The van der Waals surface area contributed by atoms with Gasteiger partial charge in [0.25, 0.3) is 0 Å². The van der Waals surface area contributed by atoms with E-state index in [1.54, 1.807) is 0 Å². The molecular formula is C10H3ClF3NO3. The minimum Gasteiger partial charge on any atom is -0.475 e. The fraction of sp³-hybridized carbons (Fsp3) is 0. The summed E-state index contributed by atoms with van der Waals surface area (Å²) in [6, 6.07) is 1.44. The third-order valence-corrected chi connectivity index (χ3v) is 2.45. The van der Waals surface area contributed by atoms with Crippen LogP contribution in [0.4, 0.5) is 13.2 Å². The number of hydrogen-bond acceptors (Lipinski definition) is 3. The lowest BCUT2D eigenvalue weighted by molar-refractivity contribution is 0.0652. The van der Waals surface area contributed by atoms with E-state index in [4.69, 9.17) is 16.7 Å². The minimum atomic E-state index is -1.58. The molecule has 2 aromatic rings. The number of rotatable bonds is 2. The van der Waals surface area contributed by atoms with Crippen LogP contribution in [0.25, 0.3) is 11.3 Å². The molecule has 18 heavy (non-hydrogen) atoms. The predicted octanol–water partition coefficient (Wildman–Crippen LogP) is 3.11. The molecular weight excluding hydrogens is 275 g/mol. The van der Waals surface area contributed by atoms with E-state index in [2.05, 4.69) is 9.68 Å². The van der Waals surface area contributed by atoms with Crippen LogP contribution in [0.5, 0.6) is 0 Å². The monoisotopic (exact) mass is 277 g/mol. The Hall–Kier alpha value is -2.02. The van der Waals surface area contributed by atoms with Crippen molar-refractivity contribution >= 4 is 17.6 Å². The van der Waals surface area contributed by atoms with Crippen LogP contribution in [0.15, 0.2) is 16.7 Å². The highest BCUT2D eigenvalue weighted by Crippen LogP contribution is 2.30. The molecule has 0 radical (unpaired) electrons. The van der Waals surface area contributed by atoms with Gasteiger partial charge in [-0.05, 0) is 6.07 Å². The number of halogens is 4. The second kappa shape index (κ2) is 4.34. The van der Waals surface area contributed by atoms with E-state index in [0.717, 1.165) is 6.07 Å². The normalized spacial score (nSPS) is 10.7. The van der Waals surface area contributed by atoms with Crippen molar-refractivity contribution < 1.29 is 27.6 Å². The number of carboxylic acids is 1. The summed E-state index contributed by atoms with van der Waals surface area (Å²) >= 11 is 5.17.